The van der Waals surface area contributed by atoms with Gasteiger partial charge in [-0.05, 0) is 73.4 Å². The maximum atomic E-state index is 13.2. The first-order valence-corrected chi connectivity index (χ1v) is 11.4. The zero-order valence-electron chi connectivity index (χ0n) is 19.0. The first-order chi connectivity index (χ1) is 16.9. The molecule has 4 aromatic rings. The van der Waals surface area contributed by atoms with Crippen molar-refractivity contribution in [3.05, 3.63) is 82.2 Å². The van der Waals surface area contributed by atoms with Gasteiger partial charge in [-0.25, -0.2) is 9.37 Å². The third kappa shape index (κ3) is 4.70. The second-order valence-electron chi connectivity index (χ2n) is 8.79. The Balaban J connectivity index is 1.36. The van der Waals surface area contributed by atoms with Gasteiger partial charge in [0.25, 0.3) is 11.6 Å². The minimum atomic E-state index is -0.464. The number of fused-ring (bicyclic) bond motifs is 1. The van der Waals surface area contributed by atoms with Gasteiger partial charge >= 0.3 is 0 Å². The molecule has 0 bridgehead atoms. The molecule has 1 fully saturated rings. The number of piperidine rings is 1. The number of amides is 1. The van der Waals surface area contributed by atoms with E-state index in [4.69, 9.17) is 4.42 Å². The number of nitro benzene ring substituents is 1. The Labute approximate surface area is 200 Å². The summed E-state index contributed by atoms with van der Waals surface area (Å²) in [7, 11) is 0. The van der Waals surface area contributed by atoms with Gasteiger partial charge < -0.3 is 14.6 Å². The third-order valence-corrected chi connectivity index (χ3v) is 6.30. The van der Waals surface area contributed by atoms with Crippen LogP contribution in [0.4, 0.5) is 21.5 Å². The lowest BCUT2D eigenvalue weighted by molar-refractivity contribution is -0.384. The molecule has 9 heteroatoms. The van der Waals surface area contributed by atoms with Crippen molar-refractivity contribution in [2.24, 2.45) is 5.92 Å². The molecule has 5 rings (SSSR count). The summed E-state index contributed by atoms with van der Waals surface area (Å²) >= 11 is 0. The molecule has 1 aromatic heterocycles. The van der Waals surface area contributed by atoms with E-state index >= 15 is 0 Å². The molecule has 1 saturated heterocycles. The molecule has 1 N–H and O–H groups in total. The van der Waals surface area contributed by atoms with Gasteiger partial charge in [0.05, 0.1) is 4.92 Å². The fourth-order valence-corrected chi connectivity index (χ4v) is 4.25. The van der Waals surface area contributed by atoms with Crippen molar-refractivity contribution in [1.82, 2.24) is 4.98 Å². The van der Waals surface area contributed by atoms with E-state index in [1.165, 1.54) is 18.2 Å². The average Bonchev–Trinajstić information content (AvgIpc) is 3.28. The van der Waals surface area contributed by atoms with Gasteiger partial charge in [-0.1, -0.05) is 6.92 Å². The molecule has 0 spiro atoms. The van der Waals surface area contributed by atoms with Crippen LogP contribution >= 0.6 is 0 Å². The zero-order chi connectivity index (χ0) is 24.5. The molecule has 0 radical (unpaired) electrons. The highest BCUT2D eigenvalue weighted by atomic mass is 19.1. The number of halogens is 1. The maximum absolute atomic E-state index is 13.2. The summed E-state index contributed by atoms with van der Waals surface area (Å²) in [5.74, 6) is 0.119. The van der Waals surface area contributed by atoms with Crippen LogP contribution in [0, 0.1) is 21.8 Å². The number of carbonyl (C=O) groups excluding carboxylic acids is 1. The first kappa shape index (κ1) is 22.5. The predicted octanol–water partition coefficient (Wildman–Crippen LogP) is 6.03. The van der Waals surface area contributed by atoms with E-state index in [1.807, 2.05) is 4.90 Å². The van der Waals surface area contributed by atoms with E-state index in [0.717, 1.165) is 25.9 Å². The summed E-state index contributed by atoms with van der Waals surface area (Å²) in [5.41, 5.74) is 2.78. The van der Waals surface area contributed by atoms with Crippen LogP contribution in [0.2, 0.25) is 0 Å². The van der Waals surface area contributed by atoms with E-state index < -0.39 is 10.8 Å². The lowest BCUT2D eigenvalue weighted by atomic mass is 9.98. The summed E-state index contributed by atoms with van der Waals surface area (Å²) in [4.78, 5) is 30.6. The number of nitrogens with one attached hydrogen (secondary N) is 1. The number of benzene rings is 3. The molecule has 3 aromatic carbocycles. The molecule has 8 nitrogen and oxygen atoms in total. The summed E-state index contributed by atoms with van der Waals surface area (Å²) in [6.45, 7) is 3.69. The molecule has 1 aliphatic rings. The van der Waals surface area contributed by atoms with Crippen LogP contribution < -0.4 is 10.2 Å². The Hall–Kier alpha value is -4.27. The maximum Gasteiger partial charge on any atom is 0.293 e. The number of hydrogen-bond donors (Lipinski definition) is 1. The highest BCUT2D eigenvalue weighted by molar-refractivity contribution is 6.05. The van der Waals surface area contributed by atoms with Crippen LogP contribution in [-0.2, 0) is 0 Å². The largest absolute Gasteiger partial charge is 0.436 e. The van der Waals surface area contributed by atoms with Gasteiger partial charge in [-0.15, -0.1) is 0 Å². The fourth-order valence-electron chi connectivity index (χ4n) is 4.25. The van der Waals surface area contributed by atoms with Gasteiger partial charge in [0.15, 0.2) is 5.58 Å². The second-order valence-corrected chi connectivity index (χ2v) is 8.79. The minimum absolute atomic E-state index is 0.0805. The van der Waals surface area contributed by atoms with E-state index in [9.17, 15) is 19.3 Å². The Kier molecular flexibility index (Phi) is 5.90. The molecule has 1 aliphatic heterocycles. The number of hydrogen-bond acceptors (Lipinski definition) is 6. The number of anilines is 2. The SMILES string of the molecule is CC1CCN(c2ccc(C(=O)Nc3ccc4oc(-c5ccc(F)cc5)nc4c3)cc2[N+](=O)[O-])CC1. The number of nitrogens with zero attached hydrogens (tertiary/aromatic N) is 3. The third-order valence-electron chi connectivity index (χ3n) is 6.30. The lowest BCUT2D eigenvalue weighted by Gasteiger charge is -2.31. The van der Waals surface area contributed by atoms with Gasteiger partial charge in [-0.2, -0.15) is 0 Å². The fraction of sp³-hybridized carbons (Fsp3) is 0.231. The van der Waals surface area contributed by atoms with E-state index in [0.29, 0.717) is 39.8 Å². The molecular formula is C26H23FN4O4. The van der Waals surface area contributed by atoms with Gasteiger partial charge in [0.2, 0.25) is 5.89 Å². The molecule has 2 heterocycles. The molecule has 0 aliphatic carbocycles. The Morgan fingerprint density at radius 3 is 2.57 bits per heavy atom. The zero-order valence-corrected chi connectivity index (χ0v) is 19.0. The molecular weight excluding hydrogens is 451 g/mol. The Morgan fingerprint density at radius 1 is 1.11 bits per heavy atom. The van der Waals surface area contributed by atoms with Crippen molar-refractivity contribution in [1.29, 1.82) is 0 Å². The molecule has 35 heavy (non-hydrogen) atoms. The van der Waals surface area contributed by atoms with Crippen LogP contribution in [0.3, 0.4) is 0 Å². The van der Waals surface area contributed by atoms with Crippen molar-refractivity contribution in [3.63, 3.8) is 0 Å². The quantitative estimate of drug-likeness (QED) is 0.280. The number of nitro groups is 1. The summed E-state index contributed by atoms with van der Waals surface area (Å²) in [6.07, 6.45) is 1.96. The lowest BCUT2D eigenvalue weighted by Crippen LogP contribution is -2.33. The number of rotatable bonds is 5. The molecule has 178 valence electrons. The molecule has 0 unspecified atom stereocenters. The monoisotopic (exact) mass is 474 g/mol. The Bertz CT molecular complexity index is 1410. The molecule has 1 amide bonds. The highest BCUT2D eigenvalue weighted by Crippen LogP contribution is 2.33. The van der Waals surface area contributed by atoms with Crippen LogP contribution in [0.15, 0.2) is 65.1 Å². The minimum Gasteiger partial charge on any atom is -0.436 e. The van der Waals surface area contributed by atoms with Gasteiger partial charge in [0, 0.05) is 36.0 Å². The van der Waals surface area contributed by atoms with Gasteiger partial charge in [-0.3, -0.25) is 14.9 Å². The highest BCUT2D eigenvalue weighted by Gasteiger charge is 2.25. The molecule has 0 atom stereocenters. The van der Waals surface area contributed by atoms with Crippen molar-refractivity contribution in [3.8, 4) is 11.5 Å². The predicted molar refractivity (Wildman–Crippen MR) is 131 cm³/mol. The second kappa shape index (κ2) is 9.17. The number of aromatic nitrogens is 1. The first-order valence-electron chi connectivity index (χ1n) is 11.4. The van der Waals surface area contributed by atoms with Gasteiger partial charge in [0.1, 0.15) is 17.0 Å². The van der Waals surface area contributed by atoms with Crippen LogP contribution in [0.1, 0.15) is 30.1 Å². The summed E-state index contributed by atoms with van der Waals surface area (Å²) in [6, 6.07) is 15.4. The topological polar surface area (TPSA) is 102 Å². The Morgan fingerprint density at radius 2 is 1.86 bits per heavy atom. The van der Waals surface area contributed by atoms with Crippen molar-refractivity contribution < 1.29 is 18.5 Å². The van der Waals surface area contributed by atoms with Crippen LogP contribution in [-0.4, -0.2) is 28.9 Å². The van der Waals surface area contributed by atoms with Crippen molar-refractivity contribution >= 4 is 34.1 Å². The summed E-state index contributed by atoms with van der Waals surface area (Å²) in [5, 5.41) is 14.5. The molecule has 0 saturated carbocycles. The van der Waals surface area contributed by atoms with E-state index in [1.54, 1.807) is 42.5 Å². The number of oxazole rings is 1. The average molecular weight is 474 g/mol. The van der Waals surface area contributed by atoms with Crippen LogP contribution in [0.25, 0.3) is 22.6 Å². The normalized spacial score (nSPS) is 14.3. The van der Waals surface area contributed by atoms with E-state index in [2.05, 4.69) is 17.2 Å². The van der Waals surface area contributed by atoms with Crippen molar-refractivity contribution in [2.45, 2.75) is 19.8 Å². The summed E-state index contributed by atoms with van der Waals surface area (Å²) < 4.78 is 18.9. The standard InChI is InChI=1S/C26H23FN4O4/c1-16-10-12-30(13-11-16)22-8-4-18(14-23(22)31(33)34)25(32)28-20-7-9-24-21(15-20)29-26(35-24)17-2-5-19(27)6-3-17/h2-9,14-16H,10-13H2,1H3,(H,28,32). The van der Waals surface area contributed by atoms with E-state index in [-0.39, 0.29) is 17.1 Å². The smallest absolute Gasteiger partial charge is 0.293 e. The number of carbonyl (C=O) groups is 1. The van der Waals surface area contributed by atoms with Crippen molar-refractivity contribution in [2.75, 3.05) is 23.3 Å². The van der Waals surface area contributed by atoms with Crippen LogP contribution in [0.5, 0.6) is 0 Å².